The zero-order valence-electron chi connectivity index (χ0n) is 18.7. The van der Waals surface area contributed by atoms with Crippen LogP contribution in [0.2, 0.25) is 0 Å². The first-order valence-corrected chi connectivity index (χ1v) is 11.9. The lowest BCUT2D eigenvalue weighted by molar-refractivity contribution is -0.118. The van der Waals surface area contributed by atoms with Crippen LogP contribution in [0.3, 0.4) is 0 Å². The molecule has 0 atom stereocenters. The number of hydrogen-bond donors (Lipinski definition) is 0. The van der Waals surface area contributed by atoms with Gasteiger partial charge in [-0.2, -0.15) is 0 Å². The second kappa shape index (κ2) is 10.8. The molecular formula is C23H29N3O3S2. The van der Waals surface area contributed by atoms with Crippen molar-refractivity contribution in [3.63, 3.8) is 0 Å². The minimum Gasteiger partial charge on any atom is -0.495 e. The van der Waals surface area contributed by atoms with Crippen molar-refractivity contribution in [1.82, 2.24) is 9.88 Å². The average Bonchev–Trinajstić information content (AvgIpc) is 3.19. The molecule has 0 aliphatic carbocycles. The average molecular weight is 460 g/mol. The van der Waals surface area contributed by atoms with Crippen molar-refractivity contribution < 1.29 is 14.3 Å². The molecular weight excluding hydrogens is 430 g/mol. The predicted molar refractivity (Wildman–Crippen MR) is 130 cm³/mol. The molecule has 8 heteroatoms. The summed E-state index contributed by atoms with van der Waals surface area (Å²) in [6, 6.07) is 12.1. The van der Waals surface area contributed by atoms with Gasteiger partial charge in [0.05, 0.1) is 14.2 Å². The maximum atomic E-state index is 13.2. The Morgan fingerprint density at radius 3 is 2.35 bits per heavy atom. The molecule has 1 aromatic heterocycles. The Balaban J connectivity index is 1.80. The minimum atomic E-state index is 0.0680. The molecule has 0 spiro atoms. The second-order valence-corrected chi connectivity index (χ2v) is 9.55. The molecule has 1 amide bonds. The number of rotatable bonds is 10. The number of fused-ring (bicyclic) bond motifs is 1. The van der Waals surface area contributed by atoms with Crippen molar-refractivity contribution in [3.05, 3.63) is 42.0 Å². The number of carbonyl (C=O) groups excluding carboxylic acids is 1. The number of ether oxygens (including phenoxy) is 2. The molecule has 6 nitrogen and oxygen atoms in total. The van der Waals surface area contributed by atoms with E-state index in [1.807, 2.05) is 26.2 Å². The molecule has 0 unspecified atom stereocenters. The highest BCUT2D eigenvalue weighted by Crippen LogP contribution is 2.40. The number of likely N-dealkylation sites (N-methyl/N-ethyl adjacent to an activating group) is 1. The molecule has 31 heavy (non-hydrogen) atoms. The molecule has 2 aromatic carbocycles. The van der Waals surface area contributed by atoms with Gasteiger partial charge in [0.1, 0.15) is 21.7 Å². The van der Waals surface area contributed by atoms with E-state index in [0.29, 0.717) is 23.8 Å². The van der Waals surface area contributed by atoms with E-state index in [2.05, 4.69) is 36.1 Å². The number of benzene rings is 2. The third kappa shape index (κ3) is 5.90. The van der Waals surface area contributed by atoms with Gasteiger partial charge in [0.2, 0.25) is 5.91 Å². The molecule has 0 aliphatic rings. The van der Waals surface area contributed by atoms with Gasteiger partial charge in [-0.3, -0.25) is 9.69 Å². The van der Waals surface area contributed by atoms with Crippen LogP contribution in [0.25, 0.3) is 10.2 Å². The summed E-state index contributed by atoms with van der Waals surface area (Å²) in [6.07, 6.45) is 0.441. The molecule has 0 bridgehead atoms. The van der Waals surface area contributed by atoms with E-state index < -0.39 is 0 Å². The molecule has 0 saturated carbocycles. The summed E-state index contributed by atoms with van der Waals surface area (Å²) in [4.78, 5) is 23.0. The van der Waals surface area contributed by atoms with Crippen LogP contribution in [0.5, 0.6) is 11.5 Å². The Bertz CT molecular complexity index is 978. The fraction of sp³-hybridized carbons (Fsp3) is 0.391. The summed E-state index contributed by atoms with van der Waals surface area (Å²) < 4.78 is 11.9. The van der Waals surface area contributed by atoms with Crippen LogP contribution < -0.4 is 14.4 Å². The van der Waals surface area contributed by atoms with Crippen LogP contribution in [0.15, 0.2) is 41.3 Å². The van der Waals surface area contributed by atoms with Crippen molar-refractivity contribution in [3.8, 4) is 11.5 Å². The van der Waals surface area contributed by atoms with Crippen LogP contribution >= 0.6 is 23.1 Å². The molecule has 0 N–H and O–H groups in total. The first kappa shape index (κ1) is 23.4. The number of thiazole rings is 1. The summed E-state index contributed by atoms with van der Waals surface area (Å²) in [5.41, 5.74) is 1.95. The summed E-state index contributed by atoms with van der Waals surface area (Å²) in [7, 11) is 7.26. The van der Waals surface area contributed by atoms with Crippen LogP contribution in [-0.2, 0) is 4.79 Å². The summed E-state index contributed by atoms with van der Waals surface area (Å²) in [5, 5.41) is 0.671. The van der Waals surface area contributed by atoms with Crippen molar-refractivity contribution in [1.29, 1.82) is 0 Å². The standard InChI is InChI=1S/C23H29N3O3S2/c1-16-6-8-17(9-7-16)30-15-12-20(27)26(14-13-25(2)3)23-24-21-18(28-4)10-11-19(29-5)22(21)31-23/h6-11H,12-15H2,1-5H3. The Morgan fingerprint density at radius 2 is 1.71 bits per heavy atom. The third-order valence-electron chi connectivity index (χ3n) is 4.81. The van der Waals surface area contributed by atoms with Gasteiger partial charge in [0.15, 0.2) is 5.13 Å². The van der Waals surface area contributed by atoms with Gasteiger partial charge >= 0.3 is 0 Å². The quantitative estimate of drug-likeness (QED) is 0.410. The fourth-order valence-electron chi connectivity index (χ4n) is 3.04. The Kier molecular flexibility index (Phi) is 8.17. The van der Waals surface area contributed by atoms with E-state index in [9.17, 15) is 4.79 Å². The minimum absolute atomic E-state index is 0.0680. The van der Waals surface area contributed by atoms with Crippen LogP contribution in [0.1, 0.15) is 12.0 Å². The van der Waals surface area contributed by atoms with Gasteiger partial charge < -0.3 is 14.4 Å². The van der Waals surface area contributed by atoms with E-state index in [4.69, 9.17) is 14.5 Å². The summed E-state index contributed by atoms with van der Waals surface area (Å²) in [5.74, 6) is 2.19. The zero-order valence-corrected chi connectivity index (χ0v) is 20.3. The number of amides is 1. The van der Waals surface area contributed by atoms with Gasteiger partial charge in [0, 0.05) is 30.2 Å². The van der Waals surface area contributed by atoms with Gasteiger partial charge in [-0.05, 0) is 45.3 Å². The molecule has 0 saturated heterocycles. The van der Waals surface area contributed by atoms with Crippen LogP contribution in [0, 0.1) is 6.92 Å². The number of aromatic nitrogens is 1. The molecule has 1 heterocycles. The monoisotopic (exact) mass is 459 g/mol. The van der Waals surface area contributed by atoms with E-state index >= 15 is 0 Å². The third-order valence-corrected chi connectivity index (χ3v) is 6.91. The van der Waals surface area contributed by atoms with E-state index in [0.717, 1.165) is 28.3 Å². The molecule has 0 aliphatic heterocycles. The van der Waals surface area contributed by atoms with E-state index in [-0.39, 0.29) is 5.91 Å². The Hall–Kier alpha value is -2.29. The molecule has 0 fully saturated rings. The van der Waals surface area contributed by atoms with E-state index in [1.165, 1.54) is 21.8 Å². The van der Waals surface area contributed by atoms with E-state index in [1.54, 1.807) is 30.9 Å². The lowest BCUT2D eigenvalue weighted by Crippen LogP contribution is -2.36. The van der Waals surface area contributed by atoms with Gasteiger partial charge in [0.25, 0.3) is 0 Å². The number of hydrogen-bond acceptors (Lipinski definition) is 7. The highest BCUT2D eigenvalue weighted by Gasteiger charge is 2.22. The number of thioether (sulfide) groups is 1. The van der Waals surface area contributed by atoms with Crippen molar-refractivity contribution in [2.24, 2.45) is 0 Å². The number of nitrogens with zero attached hydrogens (tertiary/aromatic N) is 3. The molecule has 3 rings (SSSR count). The smallest absolute Gasteiger partial charge is 0.229 e. The fourth-order valence-corrected chi connectivity index (χ4v) is 5.00. The van der Waals surface area contributed by atoms with Crippen LogP contribution in [-0.4, -0.2) is 62.9 Å². The largest absolute Gasteiger partial charge is 0.495 e. The van der Waals surface area contributed by atoms with Crippen molar-refractivity contribution >= 4 is 44.4 Å². The second-order valence-electron chi connectivity index (χ2n) is 7.40. The zero-order chi connectivity index (χ0) is 22.4. The van der Waals surface area contributed by atoms with Crippen LogP contribution in [0.4, 0.5) is 5.13 Å². The summed E-state index contributed by atoms with van der Waals surface area (Å²) in [6.45, 7) is 3.40. The van der Waals surface area contributed by atoms with Gasteiger partial charge in [-0.25, -0.2) is 4.98 Å². The SMILES string of the molecule is COc1ccc(OC)c2sc(N(CCN(C)C)C(=O)CCSc3ccc(C)cc3)nc12. The van der Waals surface area contributed by atoms with Gasteiger partial charge in [-0.15, -0.1) is 11.8 Å². The van der Waals surface area contributed by atoms with Crippen molar-refractivity contribution in [2.45, 2.75) is 18.2 Å². The number of aryl methyl sites for hydroxylation is 1. The maximum Gasteiger partial charge on any atom is 0.229 e. The Morgan fingerprint density at radius 1 is 1.03 bits per heavy atom. The highest BCUT2D eigenvalue weighted by atomic mass is 32.2. The summed E-state index contributed by atoms with van der Waals surface area (Å²) >= 11 is 3.16. The normalized spacial score (nSPS) is 11.2. The number of anilines is 1. The first-order valence-electron chi connectivity index (χ1n) is 10.1. The lowest BCUT2D eigenvalue weighted by atomic mass is 10.2. The maximum absolute atomic E-state index is 13.2. The number of carbonyl (C=O) groups is 1. The predicted octanol–water partition coefficient (Wildman–Crippen LogP) is 4.70. The Labute approximate surface area is 192 Å². The topological polar surface area (TPSA) is 54.9 Å². The van der Waals surface area contributed by atoms with Gasteiger partial charge in [-0.1, -0.05) is 29.0 Å². The molecule has 166 valence electrons. The van der Waals surface area contributed by atoms with Crippen molar-refractivity contribution in [2.75, 3.05) is 52.1 Å². The highest BCUT2D eigenvalue weighted by molar-refractivity contribution is 7.99. The molecule has 3 aromatic rings. The molecule has 0 radical (unpaired) electrons. The lowest BCUT2D eigenvalue weighted by Gasteiger charge is -2.22. The first-order chi connectivity index (χ1) is 14.9. The number of methoxy groups -OCH3 is 2.